The van der Waals surface area contributed by atoms with Crippen LogP contribution in [0.2, 0.25) is 0 Å². The van der Waals surface area contributed by atoms with Gasteiger partial charge < -0.3 is 24.8 Å². The Morgan fingerprint density at radius 1 is 1.35 bits per heavy atom. The number of esters is 1. The fraction of sp³-hybridized carbons (Fsp3) is 0.609. The molecule has 3 aliphatic rings. The van der Waals surface area contributed by atoms with E-state index < -0.39 is 41.6 Å². The molecule has 8 heteroatoms. The van der Waals surface area contributed by atoms with Crippen molar-refractivity contribution in [3.63, 3.8) is 0 Å². The minimum atomic E-state index is -1.09. The lowest BCUT2D eigenvalue weighted by molar-refractivity contribution is -0.155. The monoisotopic (exact) mass is 430 g/mol. The topological polar surface area (TPSA) is 105 Å². The Hall–Kier alpha value is -2.45. The first-order valence-corrected chi connectivity index (χ1v) is 10.9. The molecule has 6 atom stereocenters. The summed E-state index contributed by atoms with van der Waals surface area (Å²) < 4.78 is 11.5. The number of nitrogens with zero attached hydrogens (tertiary/aromatic N) is 1. The predicted molar refractivity (Wildman–Crippen MR) is 112 cm³/mol. The van der Waals surface area contributed by atoms with Gasteiger partial charge in [-0.1, -0.05) is 18.2 Å². The molecule has 3 fully saturated rings. The molecule has 1 aromatic carbocycles. The third-order valence-corrected chi connectivity index (χ3v) is 7.01. The van der Waals surface area contributed by atoms with Crippen molar-refractivity contribution in [2.45, 2.75) is 64.3 Å². The molecule has 31 heavy (non-hydrogen) atoms. The Balaban J connectivity index is 1.74. The van der Waals surface area contributed by atoms with E-state index in [0.717, 1.165) is 11.1 Å². The van der Waals surface area contributed by atoms with E-state index >= 15 is 0 Å². The average Bonchev–Trinajstić information content (AvgIpc) is 3.37. The van der Waals surface area contributed by atoms with Crippen LogP contribution < -0.4 is 5.32 Å². The standard InChI is InChI=1S/C23H30N2O6/c1-5-30-22(29)16-15-9-10-23(31-15)17(16)21(28)25(14(4)11-26)19(23)20(27)24-18-12(2)7-6-8-13(18)3/h6-8,14-17,19,26H,5,9-11H2,1-4H3,(H,24,27)/t14-,15+,16-,17-,19+,23-/m1/s1. The second-order valence-electron chi connectivity index (χ2n) is 8.84. The van der Waals surface area contributed by atoms with Crippen LogP contribution in [0.25, 0.3) is 0 Å². The van der Waals surface area contributed by atoms with Crippen LogP contribution in [-0.2, 0) is 23.9 Å². The van der Waals surface area contributed by atoms with E-state index in [4.69, 9.17) is 9.47 Å². The smallest absolute Gasteiger partial charge is 0.312 e. The third kappa shape index (κ3) is 3.15. The summed E-state index contributed by atoms with van der Waals surface area (Å²) in [5.41, 5.74) is 1.43. The number of amides is 2. The molecule has 1 spiro atoms. The minimum Gasteiger partial charge on any atom is -0.466 e. The number of para-hydroxylation sites is 1. The fourth-order valence-corrected chi connectivity index (χ4v) is 5.66. The SMILES string of the molecule is CCOC(=O)[C@@H]1[C@@H]2CC[C@]3(O2)[C@H](C(=O)Nc2c(C)cccc2C)N([C@H](C)CO)C(=O)[C@@H]13. The van der Waals surface area contributed by atoms with Gasteiger partial charge in [-0.25, -0.2) is 0 Å². The second-order valence-corrected chi connectivity index (χ2v) is 8.84. The first-order valence-electron chi connectivity index (χ1n) is 10.9. The van der Waals surface area contributed by atoms with Gasteiger partial charge in [-0.3, -0.25) is 14.4 Å². The maximum atomic E-state index is 13.6. The Labute approximate surface area is 181 Å². The average molecular weight is 431 g/mol. The van der Waals surface area contributed by atoms with Crippen LogP contribution in [0.4, 0.5) is 5.69 Å². The normalized spacial score (nSPS) is 32.2. The van der Waals surface area contributed by atoms with Crippen molar-refractivity contribution < 1.29 is 29.0 Å². The van der Waals surface area contributed by atoms with Gasteiger partial charge >= 0.3 is 5.97 Å². The summed E-state index contributed by atoms with van der Waals surface area (Å²) in [6.07, 6.45) is 0.653. The molecule has 2 amide bonds. The summed E-state index contributed by atoms with van der Waals surface area (Å²) in [4.78, 5) is 41.3. The number of likely N-dealkylation sites (tertiary alicyclic amines) is 1. The summed E-state index contributed by atoms with van der Waals surface area (Å²) in [6, 6.07) is 4.21. The number of nitrogens with one attached hydrogen (secondary N) is 1. The Morgan fingerprint density at radius 2 is 2.03 bits per heavy atom. The van der Waals surface area contributed by atoms with Crippen molar-refractivity contribution in [3.05, 3.63) is 29.3 Å². The van der Waals surface area contributed by atoms with E-state index in [1.54, 1.807) is 13.8 Å². The van der Waals surface area contributed by atoms with Crippen LogP contribution in [-0.4, -0.2) is 64.8 Å². The van der Waals surface area contributed by atoms with Gasteiger partial charge in [0.1, 0.15) is 11.6 Å². The number of benzene rings is 1. The fourth-order valence-electron chi connectivity index (χ4n) is 5.66. The lowest BCUT2D eigenvalue weighted by Gasteiger charge is -2.35. The number of aliphatic hydroxyl groups is 1. The molecule has 3 saturated heterocycles. The van der Waals surface area contributed by atoms with Gasteiger partial charge in [0.15, 0.2) is 0 Å². The van der Waals surface area contributed by atoms with Crippen molar-refractivity contribution in [1.29, 1.82) is 0 Å². The van der Waals surface area contributed by atoms with Crippen molar-refractivity contribution in [1.82, 2.24) is 4.90 Å². The van der Waals surface area contributed by atoms with Crippen LogP contribution in [0.5, 0.6) is 0 Å². The first kappa shape index (κ1) is 21.8. The van der Waals surface area contributed by atoms with Crippen LogP contribution in [0.3, 0.4) is 0 Å². The number of anilines is 1. The highest BCUT2D eigenvalue weighted by atomic mass is 16.6. The molecule has 3 heterocycles. The molecule has 0 unspecified atom stereocenters. The number of aliphatic hydroxyl groups excluding tert-OH is 1. The third-order valence-electron chi connectivity index (χ3n) is 7.01. The van der Waals surface area contributed by atoms with Gasteiger partial charge in [-0.2, -0.15) is 0 Å². The molecule has 2 bridgehead atoms. The summed E-state index contributed by atoms with van der Waals surface area (Å²) in [7, 11) is 0. The largest absolute Gasteiger partial charge is 0.466 e. The predicted octanol–water partition coefficient (Wildman–Crippen LogP) is 1.56. The Bertz CT molecular complexity index is 897. The van der Waals surface area contributed by atoms with E-state index in [-0.39, 0.29) is 25.0 Å². The number of hydrogen-bond donors (Lipinski definition) is 2. The molecule has 8 nitrogen and oxygen atoms in total. The zero-order valence-corrected chi connectivity index (χ0v) is 18.4. The van der Waals surface area contributed by atoms with E-state index in [2.05, 4.69) is 5.32 Å². The summed E-state index contributed by atoms with van der Waals surface area (Å²) in [6.45, 7) is 7.15. The maximum absolute atomic E-state index is 13.6. The molecular weight excluding hydrogens is 400 g/mol. The van der Waals surface area contributed by atoms with E-state index in [9.17, 15) is 19.5 Å². The lowest BCUT2D eigenvalue weighted by atomic mass is 9.70. The molecule has 4 rings (SSSR count). The molecule has 1 aromatic rings. The van der Waals surface area contributed by atoms with Crippen molar-refractivity contribution in [2.24, 2.45) is 11.8 Å². The molecule has 0 saturated carbocycles. The number of aryl methyl sites for hydroxylation is 2. The van der Waals surface area contributed by atoms with Gasteiger partial charge in [0.25, 0.3) is 0 Å². The van der Waals surface area contributed by atoms with E-state index in [0.29, 0.717) is 18.5 Å². The lowest BCUT2D eigenvalue weighted by Crippen LogP contribution is -2.55. The van der Waals surface area contributed by atoms with Crippen LogP contribution in [0.15, 0.2) is 18.2 Å². The molecule has 0 aliphatic carbocycles. The molecule has 168 valence electrons. The number of rotatable bonds is 6. The van der Waals surface area contributed by atoms with Crippen LogP contribution in [0, 0.1) is 25.7 Å². The van der Waals surface area contributed by atoms with Crippen molar-refractivity contribution in [3.8, 4) is 0 Å². The van der Waals surface area contributed by atoms with Gasteiger partial charge in [-0.15, -0.1) is 0 Å². The zero-order chi connectivity index (χ0) is 22.5. The summed E-state index contributed by atoms with van der Waals surface area (Å²) in [5, 5.41) is 12.8. The number of carbonyl (C=O) groups is 3. The van der Waals surface area contributed by atoms with Gasteiger partial charge in [0.05, 0.1) is 37.2 Å². The van der Waals surface area contributed by atoms with E-state index in [1.165, 1.54) is 4.90 Å². The maximum Gasteiger partial charge on any atom is 0.312 e. The molecule has 0 aromatic heterocycles. The zero-order valence-electron chi connectivity index (χ0n) is 18.4. The second kappa shape index (κ2) is 7.91. The number of fused-ring (bicyclic) bond motifs is 1. The number of hydrogen-bond acceptors (Lipinski definition) is 6. The molecular formula is C23H30N2O6. The van der Waals surface area contributed by atoms with Gasteiger partial charge in [0.2, 0.25) is 11.8 Å². The molecule has 0 radical (unpaired) electrons. The highest BCUT2D eigenvalue weighted by Gasteiger charge is 2.75. The Morgan fingerprint density at radius 3 is 2.65 bits per heavy atom. The number of ether oxygens (including phenoxy) is 2. The minimum absolute atomic E-state index is 0.212. The van der Waals surface area contributed by atoms with Gasteiger partial charge in [0, 0.05) is 5.69 Å². The van der Waals surface area contributed by atoms with Crippen molar-refractivity contribution in [2.75, 3.05) is 18.5 Å². The highest BCUT2D eigenvalue weighted by Crippen LogP contribution is 2.59. The highest BCUT2D eigenvalue weighted by molar-refractivity contribution is 6.04. The Kier molecular flexibility index (Phi) is 5.55. The summed E-state index contributed by atoms with van der Waals surface area (Å²) >= 11 is 0. The quantitative estimate of drug-likeness (QED) is 0.664. The molecule has 3 aliphatic heterocycles. The number of carbonyl (C=O) groups excluding carboxylic acids is 3. The van der Waals surface area contributed by atoms with Crippen LogP contribution in [0.1, 0.15) is 37.8 Å². The van der Waals surface area contributed by atoms with Crippen LogP contribution >= 0.6 is 0 Å². The van der Waals surface area contributed by atoms with Crippen molar-refractivity contribution >= 4 is 23.5 Å². The first-order chi connectivity index (χ1) is 14.8. The molecule has 2 N–H and O–H groups in total. The van der Waals surface area contributed by atoms with E-state index in [1.807, 2.05) is 32.0 Å². The van der Waals surface area contributed by atoms with Gasteiger partial charge in [-0.05, 0) is 51.7 Å². The summed E-state index contributed by atoms with van der Waals surface area (Å²) in [5.74, 6) is -2.66.